The lowest BCUT2D eigenvalue weighted by Gasteiger charge is -2.37. The summed E-state index contributed by atoms with van der Waals surface area (Å²) in [7, 11) is 0. The molecule has 0 spiro atoms. The van der Waals surface area contributed by atoms with Crippen LogP contribution in [0.15, 0.2) is 0 Å². The zero-order valence-electron chi connectivity index (χ0n) is 19.3. The standard InChI is InChI=1S/C20H31F3N6O5S/c21-20(22,23)17(30)34-19-28(16(13-24)14-35-19)8-4-25-29(32)7-3-15-1-5-26(6-2-15)18(31)27-9-11-33-12-10-27/h15-16,19,25,29H,1-12,14H2. The average molecular weight is 525 g/mol. The number of rotatable bonds is 8. The fourth-order valence-electron chi connectivity index (χ4n) is 4.26. The molecule has 0 saturated carbocycles. The first-order chi connectivity index (χ1) is 16.7. The van der Waals surface area contributed by atoms with Crippen molar-refractivity contribution in [3.05, 3.63) is 5.21 Å². The zero-order valence-corrected chi connectivity index (χ0v) is 20.1. The Balaban J connectivity index is 1.33. The van der Waals surface area contributed by atoms with Gasteiger partial charge >= 0.3 is 18.2 Å². The minimum Gasteiger partial charge on any atom is -0.613 e. The van der Waals surface area contributed by atoms with Crippen molar-refractivity contribution in [3.63, 3.8) is 0 Å². The number of amides is 2. The second kappa shape index (κ2) is 12.9. The summed E-state index contributed by atoms with van der Waals surface area (Å²) in [5.74, 6) is -1.77. The third-order valence-corrected chi connectivity index (χ3v) is 7.45. The van der Waals surface area contributed by atoms with Crippen molar-refractivity contribution in [3.8, 4) is 6.07 Å². The van der Waals surface area contributed by atoms with Crippen molar-refractivity contribution in [2.75, 3.05) is 64.8 Å². The quantitative estimate of drug-likeness (QED) is 0.327. The van der Waals surface area contributed by atoms with Gasteiger partial charge in [-0.1, -0.05) is 11.8 Å². The minimum atomic E-state index is -5.11. The van der Waals surface area contributed by atoms with Crippen LogP contribution in [0.25, 0.3) is 0 Å². The number of carbonyl (C=O) groups excluding carboxylic acids is 2. The Morgan fingerprint density at radius 2 is 1.86 bits per heavy atom. The number of hydrogen-bond acceptors (Lipinski definition) is 9. The van der Waals surface area contributed by atoms with E-state index in [0.717, 1.165) is 24.6 Å². The molecule has 0 bridgehead atoms. The summed E-state index contributed by atoms with van der Waals surface area (Å²) in [4.78, 5) is 28.7. The van der Waals surface area contributed by atoms with Gasteiger partial charge in [-0.25, -0.2) is 14.5 Å². The molecule has 3 rings (SSSR count). The van der Waals surface area contributed by atoms with Crippen LogP contribution < -0.4 is 10.6 Å². The second-order valence-electron chi connectivity index (χ2n) is 8.63. The molecule has 3 heterocycles. The maximum absolute atomic E-state index is 12.6. The summed E-state index contributed by atoms with van der Waals surface area (Å²) in [5, 5.41) is 21.3. The van der Waals surface area contributed by atoms with Gasteiger partial charge < -0.3 is 24.5 Å². The predicted octanol–water partition coefficient (Wildman–Crippen LogP) is -0.242. The number of quaternary nitrogens is 1. The van der Waals surface area contributed by atoms with Crippen LogP contribution in [0.4, 0.5) is 18.0 Å². The summed E-state index contributed by atoms with van der Waals surface area (Å²) >= 11 is 0.937. The van der Waals surface area contributed by atoms with Gasteiger partial charge in [-0.15, -0.1) is 0 Å². The number of alkyl halides is 3. The number of nitrogens with zero attached hydrogens (tertiary/aromatic N) is 4. The van der Waals surface area contributed by atoms with Crippen LogP contribution >= 0.6 is 11.8 Å². The van der Waals surface area contributed by atoms with E-state index < -0.39 is 23.7 Å². The number of esters is 1. The molecule has 3 fully saturated rings. The molecule has 0 aliphatic carbocycles. The van der Waals surface area contributed by atoms with Crippen molar-refractivity contribution in [1.82, 2.24) is 20.1 Å². The molecule has 3 aliphatic heterocycles. The van der Waals surface area contributed by atoms with Gasteiger partial charge in [-0.3, -0.25) is 5.17 Å². The smallest absolute Gasteiger partial charge is 0.491 e. The molecule has 0 aromatic rings. The van der Waals surface area contributed by atoms with Gasteiger partial charge in [0.25, 0.3) is 0 Å². The molecule has 0 aromatic carbocycles. The first kappa shape index (κ1) is 27.8. The maximum Gasteiger partial charge on any atom is 0.491 e. The highest BCUT2D eigenvalue weighted by molar-refractivity contribution is 8.00. The topological polar surface area (TPSA) is 126 Å². The summed E-state index contributed by atoms with van der Waals surface area (Å²) in [6.07, 6.45) is -2.79. The molecule has 11 nitrogen and oxygen atoms in total. The van der Waals surface area contributed by atoms with Gasteiger partial charge in [-0.05, 0) is 18.8 Å². The van der Waals surface area contributed by atoms with E-state index in [1.54, 1.807) is 0 Å². The van der Waals surface area contributed by atoms with Crippen molar-refractivity contribution in [1.29, 1.82) is 5.26 Å². The fraction of sp³-hybridized carbons (Fsp3) is 0.850. The van der Waals surface area contributed by atoms with Gasteiger partial charge in [0.2, 0.25) is 5.56 Å². The molecule has 198 valence electrons. The lowest BCUT2D eigenvalue weighted by atomic mass is 9.94. The fourth-order valence-corrected chi connectivity index (χ4v) is 5.47. The first-order valence-electron chi connectivity index (χ1n) is 11.6. The maximum atomic E-state index is 12.6. The lowest BCUT2D eigenvalue weighted by molar-refractivity contribution is -0.896. The number of likely N-dealkylation sites (tertiary alicyclic amines) is 1. The Kier molecular flexibility index (Phi) is 10.3. The van der Waals surface area contributed by atoms with Crippen LogP contribution in [0.5, 0.6) is 0 Å². The summed E-state index contributed by atoms with van der Waals surface area (Å²) in [5.41, 5.74) is 1.50. The van der Waals surface area contributed by atoms with Gasteiger partial charge in [0.05, 0.1) is 32.4 Å². The Morgan fingerprint density at radius 1 is 1.20 bits per heavy atom. The zero-order chi connectivity index (χ0) is 25.4. The number of piperidine rings is 1. The molecule has 0 radical (unpaired) electrons. The van der Waals surface area contributed by atoms with E-state index in [9.17, 15) is 33.2 Å². The number of hydroxylamine groups is 1. The molecule has 2 amide bonds. The highest BCUT2D eigenvalue weighted by Crippen LogP contribution is 2.31. The molecule has 3 saturated heterocycles. The SMILES string of the molecule is N#CC1CSC(OC(=O)C(F)(F)F)N1CCN[NH+]([O-])CCC1CCN(C(=O)N2CCOCC2)CC1. The molecule has 15 heteroatoms. The van der Waals surface area contributed by atoms with Crippen molar-refractivity contribution in [2.24, 2.45) is 5.92 Å². The second-order valence-corrected chi connectivity index (χ2v) is 9.70. The van der Waals surface area contributed by atoms with E-state index >= 15 is 0 Å². The number of hydrogen-bond donors (Lipinski definition) is 2. The highest BCUT2D eigenvalue weighted by atomic mass is 32.2. The highest BCUT2D eigenvalue weighted by Gasteiger charge is 2.45. The van der Waals surface area contributed by atoms with Gasteiger partial charge in [-0.2, -0.15) is 23.9 Å². The molecular formula is C20H31F3N6O5S. The van der Waals surface area contributed by atoms with Crippen LogP contribution in [-0.4, -0.2) is 109 Å². The van der Waals surface area contributed by atoms with Crippen LogP contribution in [0.2, 0.25) is 0 Å². The van der Waals surface area contributed by atoms with Crippen molar-refractivity contribution < 1.29 is 37.4 Å². The Labute approximate surface area is 206 Å². The van der Waals surface area contributed by atoms with E-state index in [1.807, 2.05) is 15.9 Å². The summed E-state index contributed by atoms with van der Waals surface area (Å²) < 4.78 is 47.3. The third kappa shape index (κ3) is 8.09. The molecule has 3 atom stereocenters. The Morgan fingerprint density at radius 3 is 2.49 bits per heavy atom. The molecule has 3 aliphatic rings. The lowest BCUT2D eigenvalue weighted by Crippen LogP contribution is -3.14. The number of morpholine rings is 1. The normalized spacial score (nSPS) is 25.3. The molecule has 3 unspecified atom stereocenters. The van der Waals surface area contributed by atoms with E-state index in [2.05, 4.69) is 10.2 Å². The molecule has 0 aromatic heterocycles. The number of nitrogens with one attached hydrogen (secondary N) is 2. The minimum absolute atomic E-state index is 0.0412. The van der Waals surface area contributed by atoms with Crippen molar-refractivity contribution >= 4 is 23.8 Å². The number of thioether (sulfide) groups is 1. The Bertz CT molecular complexity index is 759. The van der Waals surface area contributed by atoms with Crippen LogP contribution in [-0.2, 0) is 14.3 Å². The van der Waals surface area contributed by atoms with Gasteiger partial charge in [0, 0.05) is 44.9 Å². The first-order valence-corrected chi connectivity index (χ1v) is 12.7. The monoisotopic (exact) mass is 524 g/mol. The van der Waals surface area contributed by atoms with E-state index in [4.69, 9.17) is 4.74 Å². The number of carbonyl (C=O) groups is 2. The summed E-state index contributed by atoms with van der Waals surface area (Å²) in [6, 6.07) is 1.30. The van der Waals surface area contributed by atoms with Crippen LogP contribution in [0.1, 0.15) is 19.3 Å². The summed E-state index contributed by atoms with van der Waals surface area (Å²) in [6.45, 7) is 4.13. The van der Waals surface area contributed by atoms with Crippen LogP contribution in [0.3, 0.4) is 0 Å². The largest absolute Gasteiger partial charge is 0.613 e. The van der Waals surface area contributed by atoms with Crippen molar-refractivity contribution in [2.45, 2.75) is 37.0 Å². The Hall–Kier alpha value is -1.83. The van der Waals surface area contributed by atoms with E-state index in [1.165, 1.54) is 4.90 Å². The number of ether oxygens (including phenoxy) is 2. The number of halogens is 3. The van der Waals surface area contributed by atoms with E-state index in [0.29, 0.717) is 58.3 Å². The molecular weight excluding hydrogens is 493 g/mol. The van der Waals surface area contributed by atoms with Crippen LogP contribution in [0, 0.1) is 22.5 Å². The predicted molar refractivity (Wildman–Crippen MR) is 118 cm³/mol. The van der Waals surface area contributed by atoms with Gasteiger partial charge in [0.15, 0.2) is 0 Å². The third-order valence-electron chi connectivity index (χ3n) is 6.29. The molecule has 35 heavy (non-hydrogen) atoms. The number of urea groups is 1. The molecule has 2 N–H and O–H groups in total. The van der Waals surface area contributed by atoms with Gasteiger partial charge in [0.1, 0.15) is 6.04 Å². The average Bonchev–Trinajstić information content (AvgIpc) is 3.24. The number of nitriles is 1. The van der Waals surface area contributed by atoms with E-state index in [-0.39, 0.29) is 30.0 Å².